The highest BCUT2D eigenvalue weighted by Crippen LogP contribution is 2.26. The van der Waals surface area contributed by atoms with E-state index in [1.165, 1.54) is 0 Å². The fourth-order valence-corrected chi connectivity index (χ4v) is 4.48. The van der Waals surface area contributed by atoms with E-state index >= 15 is 0 Å². The maximum Gasteiger partial charge on any atom is 0.130 e. The van der Waals surface area contributed by atoms with Crippen LogP contribution in [0.5, 0.6) is 0 Å². The lowest BCUT2D eigenvalue weighted by molar-refractivity contribution is 0.122. The van der Waals surface area contributed by atoms with E-state index in [1.54, 1.807) is 12.5 Å². The highest BCUT2D eigenvalue weighted by Gasteiger charge is 2.16. The van der Waals surface area contributed by atoms with Crippen molar-refractivity contribution in [2.75, 3.05) is 62.4 Å². The number of morpholine rings is 2. The number of nitrogens with zero attached hydrogens (tertiary/aromatic N) is 6. The summed E-state index contributed by atoms with van der Waals surface area (Å²) in [6.07, 6.45) is 8.18. The topological polar surface area (TPSA) is 91.8 Å². The maximum absolute atomic E-state index is 6.17. The average molecular weight is 528 g/mol. The molecule has 9 nitrogen and oxygen atoms in total. The van der Waals surface area contributed by atoms with Gasteiger partial charge in [0.2, 0.25) is 0 Å². The number of hydrogen-bond donors (Lipinski definition) is 1. The lowest BCUT2D eigenvalue weighted by Crippen LogP contribution is -2.36. The van der Waals surface area contributed by atoms with Crippen molar-refractivity contribution >= 4 is 46.7 Å². The summed E-state index contributed by atoms with van der Waals surface area (Å²) in [6.45, 7) is 6.34. The Morgan fingerprint density at radius 2 is 1.36 bits per heavy atom. The molecule has 3 aromatic rings. The molecule has 0 unspecified atom stereocenters. The number of anilines is 2. The van der Waals surface area contributed by atoms with Crippen molar-refractivity contribution in [2.45, 2.75) is 6.42 Å². The Kier molecular flexibility index (Phi) is 8.12. The zero-order valence-electron chi connectivity index (χ0n) is 19.7. The molecule has 0 aromatic carbocycles. The molecule has 0 radical (unpaired) electrons. The number of nitrogens with one attached hydrogen (secondary N) is 1. The third kappa shape index (κ3) is 6.22. The molecule has 0 bridgehead atoms. The number of aromatic nitrogens is 4. The molecule has 6 heterocycles. The van der Waals surface area contributed by atoms with Gasteiger partial charge in [-0.25, -0.2) is 15.0 Å². The predicted molar refractivity (Wildman–Crippen MR) is 143 cm³/mol. The van der Waals surface area contributed by atoms with Crippen molar-refractivity contribution in [3.8, 4) is 11.4 Å². The van der Waals surface area contributed by atoms with Crippen molar-refractivity contribution in [2.24, 2.45) is 4.99 Å². The molecule has 1 N–H and O–H groups in total. The van der Waals surface area contributed by atoms with Crippen LogP contribution in [0.15, 0.2) is 47.9 Å². The predicted octanol–water partition coefficient (Wildman–Crippen LogP) is 4.35. The summed E-state index contributed by atoms with van der Waals surface area (Å²) in [5, 5.41) is 1.38. The largest absolute Gasteiger partial charge is 0.378 e. The van der Waals surface area contributed by atoms with Crippen LogP contribution in [0.4, 0.5) is 11.6 Å². The molecule has 2 saturated heterocycles. The van der Waals surface area contributed by atoms with Crippen LogP contribution < -0.4 is 9.80 Å². The summed E-state index contributed by atoms with van der Waals surface area (Å²) in [5.74, 6) is 1.79. The lowest BCUT2D eigenvalue weighted by Gasteiger charge is -2.28. The van der Waals surface area contributed by atoms with Crippen molar-refractivity contribution in [3.63, 3.8) is 0 Å². The van der Waals surface area contributed by atoms with Gasteiger partial charge in [0.1, 0.15) is 11.6 Å². The highest BCUT2D eigenvalue weighted by atomic mass is 35.5. The zero-order chi connectivity index (χ0) is 24.7. The lowest BCUT2D eigenvalue weighted by atomic mass is 10.2. The quantitative estimate of drug-likeness (QED) is 0.539. The van der Waals surface area contributed by atoms with Crippen LogP contribution in [0, 0.1) is 0 Å². The second-order valence-electron chi connectivity index (χ2n) is 8.36. The molecule has 188 valence electrons. The molecule has 0 aliphatic carbocycles. The van der Waals surface area contributed by atoms with Gasteiger partial charge in [-0.15, -0.1) is 0 Å². The van der Waals surface area contributed by atoms with Crippen LogP contribution in [-0.4, -0.2) is 78.8 Å². The molecular formula is C25H27Cl2N7O2. The van der Waals surface area contributed by atoms with Crippen LogP contribution in [0.25, 0.3) is 17.1 Å². The standard InChI is InChI=1S/C13H14ClN3O.C12H13ClN4O/c14-10-8-12(11-2-1-3-15-11)16-13(9-10)17-4-6-18-7-5-17;13-9-5-10(11-7-14-8-15-11)16-12(6-9)17-1-3-18-4-2-17/h2-3,8-9H,1,4-7H2;5-8H,1-4H2,(H,14,15). The number of hydrogen-bond acceptors (Lipinski definition) is 8. The van der Waals surface area contributed by atoms with Gasteiger partial charge in [0, 0.05) is 48.9 Å². The van der Waals surface area contributed by atoms with E-state index < -0.39 is 0 Å². The van der Waals surface area contributed by atoms with E-state index in [0.717, 1.165) is 93.4 Å². The summed E-state index contributed by atoms with van der Waals surface area (Å²) in [4.78, 5) is 25.0. The van der Waals surface area contributed by atoms with E-state index in [1.807, 2.05) is 30.5 Å². The number of pyridine rings is 2. The number of ether oxygens (including phenoxy) is 2. The normalized spacial score (nSPS) is 17.6. The molecule has 3 aliphatic heterocycles. The molecule has 0 spiro atoms. The monoisotopic (exact) mass is 527 g/mol. The van der Waals surface area contributed by atoms with Crippen LogP contribution in [0.1, 0.15) is 12.1 Å². The minimum absolute atomic E-state index is 0.677. The van der Waals surface area contributed by atoms with E-state index in [2.05, 4.69) is 40.8 Å². The summed E-state index contributed by atoms with van der Waals surface area (Å²) in [5.41, 5.74) is 3.43. The minimum Gasteiger partial charge on any atom is -0.378 e. The fraction of sp³-hybridized carbons (Fsp3) is 0.360. The maximum atomic E-state index is 6.17. The van der Waals surface area contributed by atoms with Gasteiger partial charge < -0.3 is 24.3 Å². The van der Waals surface area contributed by atoms with Gasteiger partial charge in [0.25, 0.3) is 0 Å². The molecule has 11 heteroatoms. The van der Waals surface area contributed by atoms with Crippen LogP contribution in [0.2, 0.25) is 10.0 Å². The van der Waals surface area contributed by atoms with Gasteiger partial charge in [-0.2, -0.15) is 0 Å². The SMILES string of the molecule is Clc1cc(-c2cnc[nH]2)nc(N2CCOCC2)c1.Clc1cc(C2=CCC=N2)nc(N2CCOCC2)c1. The number of aliphatic imine (C=N–C) groups is 1. The Morgan fingerprint density at radius 1 is 0.778 bits per heavy atom. The molecule has 3 aromatic heterocycles. The van der Waals surface area contributed by atoms with Crippen molar-refractivity contribution in [1.82, 2.24) is 19.9 Å². The summed E-state index contributed by atoms with van der Waals surface area (Å²) >= 11 is 12.3. The Labute approximate surface area is 219 Å². The molecular weight excluding hydrogens is 501 g/mol. The Hall–Kier alpha value is -2.98. The van der Waals surface area contributed by atoms with Gasteiger partial charge in [0.15, 0.2) is 0 Å². The van der Waals surface area contributed by atoms with Crippen molar-refractivity contribution < 1.29 is 9.47 Å². The molecule has 2 fully saturated rings. The second kappa shape index (κ2) is 11.8. The molecule has 36 heavy (non-hydrogen) atoms. The average Bonchev–Trinajstić information content (AvgIpc) is 3.65. The van der Waals surface area contributed by atoms with Crippen LogP contribution >= 0.6 is 23.2 Å². The summed E-state index contributed by atoms with van der Waals surface area (Å²) < 4.78 is 10.7. The highest BCUT2D eigenvalue weighted by molar-refractivity contribution is 6.31. The van der Waals surface area contributed by atoms with E-state index in [-0.39, 0.29) is 0 Å². The number of imidazole rings is 1. The summed E-state index contributed by atoms with van der Waals surface area (Å²) in [7, 11) is 0. The molecule has 0 amide bonds. The number of halogens is 2. The third-order valence-corrected chi connectivity index (χ3v) is 6.34. The van der Waals surface area contributed by atoms with Gasteiger partial charge in [-0.1, -0.05) is 29.3 Å². The first-order chi connectivity index (χ1) is 17.7. The first-order valence-corrected chi connectivity index (χ1v) is 12.6. The van der Waals surface area contributed by atoms with Gasteiger partial charge in [-0.3, -0.25) is 4.99 Å². The molecule has 3 aliphatic rings. The number of allylic oxidation sites excluding steroid dienone is 1. The van der Waals surface area contributed by atoms with Crippen molar-refractivity contribution in [1.29, 1.82) is 0 Å². The van der Waals surface area contributed by atoms with Gasteiger partial charge in [0.05, 0.1) is 61.7 Å². The van der Waals surface area contributed by atoms with Gasteiger partial charge >= 0.3 is 0 Å². The minimum atomic E-state index is 0.677. The van der Waals surface area contributed by atoms with E-state index in [4.69, 9.17) is 32.7 Å². The molecule has 0 atom stereocenters. The number of H-pyrrole nitrogens is 1. The fourth-order valence-electron chi connectivity index (χ4n) is 4.08. The van der Waals surface area contributed by atoms with Crippen LogP contribution in [0.3, 0.4) is 0 Å². The second-order valence-corrected chi connectivity index (χ2v) is 9.23. The Balaban J connectivity index is 0.000000148. The van der Waals surface area contributed by atoms with Gasteiger partial charge in [-0.05, 0) is 24.3 Å². The first-order valence-electron chi connectivity index (χ1n) is 11.9. The van der Waals surface area contributed by atoms with E-state index in [9.17, 15) is 0 Å². The first kappa shape index (κ1) is 24.7. The Bertz CT molecular complexity index is 1220. The van der Waals surface area contributed by atoms with Crippen molar-refractivity contribution in [3.05, 3.63) is 58.6 Å². The zero-order valence-corrected chi connectivity index (χ0v) is 21.3. The Morgan fingerprint density at radius 3 is 1.89 bits per heavy atom. The smallest absolute Gasteiger partial charge is 0.130 e. The summed E-state index contributed by atoms with van der Waals surface area (Å²) in [6, 6.07) is 7.47. The van der Waals surface area contributed by atoms with Crippen LogP contribution in [-0.2, 0) is 9.47 Å². The number of rotatable bonds is 4. The van der Waals surface area contributed by atoms with E-state index in [0.29, 0.717) is 10.0 Å². The third-order valence-electron chi connectivity index (χ3n) is 5.91. The molecule has 6 rings (SSSR count). The molecule has 0 saturated carbocycles. The number of aromatic amines is 1.